The summed E-state index contributed by atoms with van der Waals surface area (Å²) < 4.78 is 19.0. The van der Waals surface area contributed by atoms with Crippen molar-refractivity contribution in [2.45, 2.75) is 39.2 Å². The molecule has 1 aromatic heterocycles. The molecule has 0 saturated carbocycles. The molecule has 1 N–H and O–H groups in total. The Morgan fingerprint density at radius 2 is 2.00 bits per heavy atom. The second-order valence-electron chi connectivity index (χ2n) is 5.78. The lowest BCUT2D eigenvalue weighted by molar-refractivity contribution is -0.122. The Morgan fingerprint density at radius 1 is 1.29 bits per heavy atom. The van der Waals surface area contributed by atoms with Gasteiger partial charge in [0.05, 0.1) is 5.56 Å². The molecule has 0 aliphatic heterocycles. The lowest BCUT2D eigenvalue weighted by Crippen LogP contribution is -2.40. The van der Waals surface area contributed by atoms with Crippen LogP contribution in [-0.4, -0.2) is 21.6 Å². The van der Waals surface area contributed by atoms with Crippen LogP contribution in [0.1, 0.15) is 33.1 Å². The molecule has 0 radical (unpaired) electrons. The minimum absolute atomic E-state index is 0.0897. The highest BCUT2D eigenvalue weighted by atomic mass is 19.1. The third-order valence-electron chi connectivity index (χ3n) is 2.65. The first-order chi connectivity index (χ1) is 9.85. The van der Waals surface area contributed by atoms with Gasteiger partial charge in [0.15, 0.2) is 0 Å². The Bertz CT molecular complexity index is 632. The van der Waals surface area contributed by atoms with Gasteiger partial charge in [-0.2, -0.15) is 0 Å². The standard InChI is InChI=1S/C15H18FN3O2/c1-15(2,3)17-12(20)8-9-13-18-19-14(21-13)10-6-4-5-7-11(10)16/h4-7H,8-9H2,1-3H3,(H,17,20). The molecule has 0 bridgehead atoms. The molecule has 0 fully saturated rings. The van der Waals surface area contributed by atoms with E-state index in [2.05, 4.69) is 15.5 Å². The van der Waals surface area contributed by atoms with E-state index < -0.39 is 5.82 Å². The van der Waals surface area contributed by atoms with Crippen LogP contribution in [-0.2, 0) is 11.2 Å². The summed E-state index contributed by atoms with van der Waals surface area (Å²) in [6.45, 7) is 5.73. The maximum Gasteiger partial charge on any atom is 0.250 e. The fourth-order valence-electron chi connectivity index (χ4n) is 1.80. The Morgan fingerprint density at radius 3 is 2.67 bits per heavy atom. The summed E-state index contributed by atoms with van der Waals surface area (Å²) in [5.41, 5.74) is -0.0139. The number of hydrogen-bond donors (Lipinski definition) is 1. The zero-order chi connectivity index (χ0) is 15.5. The number of hydrogen-bond acceptors (Lipinski definition) is 4. The molecule has 21 heavy (non-hydrogen) atoms. The Balaban J connectivity index is 1.98. The molecule has 0 aliphatic rings. The molecular formula is C15H18FN3O2. The molecule has 1 amide bonds. The van der Waals surface area contributed by atoms with Crippen LogP contribution in [0.2, 0.25) is 0 Å². The maximum absolute atomic E-state index is 13.6. The van der Waals surface area contributed by atoms with Crippen molar-refractivity contribution in [1.82, 2.24) is 15.5 Å². The van der Waals surface area contributed by atoms with Crippen molar-refractivity contribution in [3.8, 4) is 11.5 Å². The molecule has 0 aliphatic carbocycles. The van der Waals surface area contributed by atoms with Gasteiger partial charge in [0, 0.05) is 18.4 Å². The van der Waals surface area contributed by atoms with Gasteiger partial charge in [-0.3, -0.25) is 4.79 Å². The van der Waals surface area contributed by atoms with Crippen LogP contribution in [0.5, 0.6) is 0 Å². The average Bonchev–Trinajstić information content (AvgIpc) is 2.83. The zero-order valence-corrected chi connectivity index (χ0v) is 12.3. The molecule has 112 valence electrons. The lowest BCUT2D eigenvalue weighted by Gasteiger charge is -2.20. The lowest BCUT2D eigenvalue weighted by atomic mass is 10.1. The first kappa shape index (κ1) is 15.2. The van der Waals surface area contributed by atoms with Gasteiger partial charge < -0.3 is 9.73 Å². The summed E-state index contributed by atoms with van der Waals surface area (Å²) >= 11 is 0. The Hall–Kier alpha value is -2.24. The fraction of sp³-hybridized carbons (Fsp3) is 0.400. The largest absolute Gasteiger partial charge is 0.421 e. The van der Waals surface area contributed by atoms with Gasteiger partial charge >= 0.3 is 0 Å². The number of carbonyl (C=O) groups excluding carboxylic acids is 1. The summed E-state index contributed by atoms with van der Waals surface area (Å²) in [4.78, 5) is 11.7. The fourth-order valence-corrected chi connectivity index (χ4v) is 1.80. The smallest absolute Gasteiger partial charge is 0.250 e. The van der Waals surface area contributed by atoms with E-state index in [0.717, 1.165) is 0 Å². The maximum atomic E-state index is 13.6. The molecule has 0 unspecified atom stereocenters. The highest BCUT2D eigenvalue weighted by Crippen LogP contribution is 2.21. The molecule has 2 rings (SSSR count). The number of nitrogens with zero attached hydrogens (tertiary/aromatic N) is 2. The summed E-state index contributed by atoms with van der Waals surface area (Å²) in [5.74, 6) is -0.0667. The number of halogens is 1. The van der Waals surface area contributed by atoms with E-state index in [4.69, 9.17) is 4.42 Å². The zero-order valence-electron chi connectivity index (χ0n) is 12.3. The van der Waals surface area contributed by atoms with Crippen LogP contribution in [0.25, 0.3) is 11.5 Å². The van der Waals surface area contributed by atoms with Gasteiger partial charge in [-0.05, 0) is 32.9 Å². The summed E-state index contributed by atoms with van der Waals surface area (Å²) in [5, 5.41) is 10.5. The molecule has 1 aromatic carbocycles. The number of rotatable bonds is 4. The highest BCUT2D eigenvalue weighted by Gasteiger charge is 2.16. The van der Waals surface area contributed by atoms with Crippen molar-refractivity contribution in [1.29, 1.82) is 0 Å². The first-order valence-corrected chi connectivity index (χ1v) is 6.73. The predicted octanol–water partition coefficient (Wildman–Crippen LogP) is 2.72. The average molecular weight is 291 g/mol. The van der Waals surface area contributed by atoms with Crippen molar-refractivity contribution >= 4 is 5.91 Å². The van der Waals surface area contributed by atoms with E-state index in [1.165, 1.54) is 6.07 Å². The van der Waals surface area contributed by atoms with E-state index in [-0.39, 0.29) is 29.3 Å². The number of benzene rings is 1. The second kappa shape index (κ2) is 6.03. The van der Waals surface area contributed by atoms with Crippen LogP contribution in [0.3, 0.4) is 0 Å². The highest BCUT2D eigenvalue weighted by molar-refractivity contribution is 5.76. The number of carbonyl (C=O) groups is 1. The number of nitrogens with one attached hydrogen (secondary N) is 1. The van der Waals surface area contributed by atoms with Gasteiger partial charge in [-0.1, -0.05) is 12.1 Å². The number of aryl methyl sites for hydroxylation is 1. The van der Waals surface area contributed by atoms with Crippen molar-refractivity contribution in [3.05, 3.63) is 36.0 Å². The predicted molar refractivity (Wildman–Crippen MR) is 75.9 cm³/mol. The van der Waals surface area contributed by atoms with E-state index >= 15 is 0 Å². The number of aromatic nitrogens is 2. The third-order valence-corrected chi connectivity index (χ3v) is 2.65. The van der Waals surface area contributed by atoms with Gasteiger partial charge in [-0.15, -0.1) is 10.2 Å². The van der Waals surface area contributed by atoms with Crippen molar-refractivity contribution < 1.29 is 13.6 Å². The molecule has 6 heteroatoms. The van der Waals surface area contributed by atoms with Crippen LogP contribution in [0.4, 0.5) is 4.39 Å². The van der Waals surface area contributed by atoms with Crippen LogP contribution < -0.4 is 5.32 Å². The Kier molecular flexibility index (Phi) is 4.35. The van der Waals surface area contributed by atoms with Crippen molar-refractivity contribution in [3.63, 3.8) is 0 Å². The normalized spacial score (nSPS) is 11.4. The van der Waals surface area contributed by atoms with Gasteiger partial charge in [0.2, 0.25) is 11.8 Å². The van der Waals surface area contributed by atoms with E-state index in [1.54, 1.807) is 18.2 Å². The minimum Gasteiger partial charge on any atom is -0.421 e. The van der Waals surface area contributed by atoms with Gasteiger partial charge in [-0.25, -0.2) is 4.39 Å². The van der Waals surface area contributed by atoms with Crippen molar-refractivity contribution in [2.24, 2.45) is 0 Å². The van der Waals surface area contributed by atoms with E-state index in [1.807, 2.05) is 20.8 Å². The molecule has 1 heterocycles. The molecule has 0 saturated heterocycles. The minimum atomic E-state index is -0.418. The van der Waals surface area contributed by atoms with E-state index in [9.17, 15) is 9.18 Å². The summed E-state index contributed by atoms with van der Waals surface area (Å²) in [6, 6.07) is 6.18. The number of amides is 1. The molecule has 2 aromatic rings. The van der Waals surface area contributed by atoms with E-state index in [0.29, 0.717) is 12.3 Å². The molecular weight excluding hydrogens is 273 g/mol. The van der Waals surface area contributed by atoms with Gasteiger partial charge in [0.25, 0.3) is 5.89 Å². The summed E-state index contributed by atoms with van der Waals surface area (Å²) in [7, 11) is 0. The summed E-state index contributed by atoms with van der Waals surface area (Å²) in [6.07, 6.45) is 0.569. The Labute approximate surface area is 122 Å². The third kappa shape index (κ3) is 4.37. The topological polar surface area (TPSA) is 68.0 Å². The molecule has 0 atom stereocenters. The SMILES string of the molecule is CC(C)(C)NC(=O)CCc1nnc(-c2ccccc2F)o1. The quantitative estimate of drug-likeness (QED) is 0.940. The van der Waals surface area contributed by atoms with Crippen molar-refractivity contribution in [2.75, 3.05) is 0 Å². The van der Waals surface area contributed by atoms with Gasteiger partial charge in [0.1, 0.15) is 5.82 Å². The second-order valence-corrected chi connectivity index (χ2v) is 5.78. The molecule has 5 nitrogen and oxygen atoms in total. The molecule has 0 spiro atoms. The van der Waals surface area contributed by atoms with Crippen LogP contribution >= 0.6 is 0 Å². The van der Waals surface area contributed by atoms with Crippen LogP contribution in [0.15, 0.2) is 28.7 Å². The monoisotopic (exact) mass is 291 g/mol. The first-order valence-electron chi connectivity index (χ1n) is 6.73. The van der Waals surface area contributed by atoms with Crippen LogP contribution in [0, 0.1) is 5.82 Å².